The van der Waals surface area contributed by atoms with Gasteiger partial charge in [0, 0.05) is 31.8 Å². The minimum absolute atomic E-state index is 0.288. The van der Waals surface area contributed by atoms with Gasteiger partial charge in [-0.05, 0) is 19.3 Å². The summed E-state index contributed by atoms with van der Waals surface area (Å²) < 4.78 is 5.50. The summed E-state index contributed by atoms with van der Waals surface area (Å²) in [5.74, 6) is 0.561. The van der Waals surface area contributed by atoms with Crippen molar-refractivity contribution in [2.75, 3.05) is 26.3 Å². The van der Waals surface area contributed by atoms with Crippen LogP contribution in [-0.2, 0) is 4.74 Å². The van der Waals surface area contributed by atoms with Gasteiger partial charge in [0.1, 0.15) is 0 Å². The van der Waals surface area contributed by atoms with Gasteiger partial charge in [-0.3, -0.25) is 4.90 Å². The third-order valence-corrected chi connectivity index (χ3v) is 3.02. The fourth-order valence-corrected chi connectivity index (χ4v) is 1.70. The molecule has 0 spiro atoms. The van der Waals surface area contributed by atoms with Crippen molar-refractivity contribution in [2.45, 2.75) is 39.3 Å². The van der Waals surface area contributed by atoms with Crippen molar-refractivity contribution < 1.29 is 4.74 Å². The van der Waals surface area contributed by atoms with Gasteiger partial charge in [0.25, 0.3) is 0 Å². The lowest BCUT2D eigenvalue weighted by Crippen LogP contribution is -2.45. The summed E-state index contributed by atoms with van der Waals surface area (Å²) in [7, 11) is 0. The number of hydrogen-bond donors (Lipinski definition) is 1. The Morgan fingerprint density at radius 2 is 2.21 bits per heavy atom. The number of ether oxygens (including phenoxy) is 1. The van der Waals surface area contributed by atoms with E-state index in [1.54, 1.807) is 0 Å². The molecule has 2 unspecified atom stereocenters. The maximum atomic E-state index is 6.08. The molecule has 2 atom stereocenters. The van der Waals surface area contributed by atoms with Crippen LogP contribution in [-0.4, -0.2) is 43.3 Å². The second-order valence-corrected chi connectivity index (χ2v) is 4.68. The van der Waals surface area contributed by atoms with E-state index in [2.05, 4.69) is 25.7 Å². The van der Waals surface area contributed by atoms with Crippen molar-refractivity contribution in [1.82, 2.24) is 4.90 Å². The highest BCUT2D eigenvalue weighted by atomic mass is 16.5. The molecule has 1 rings (SSSR count). The topological polar surface area (TPSA) is 38.5 Å². The molecule has 0 saturated carbocycles. The van der Waals surface area contributed by atoms with Gasteiger partial charge in [0.15, 0.2) is 0 Å². The second-order valence-electron chi connectivity index (χ2n) is 4.68. The first-order valence-corrected chi connectivity index (χ1v) is 5.68. The van der Waals surface area contributed by atoms with E-state index >= 15 is 0 Å². The lowest BCUT2D eigenvalue weighted by atomic mass is 10.0. The summed E-state index contributed by atoms with van der Waals surface area (Å²) in [6.07, 6.45) is 1.13. The van der Waals surface area contributed by atoms with Gasteiger partial charge in [-0.25, -0.2) is 0 Å². The van der Waals surface area contributed by atoms with E-state index in [0.717, 1.165) is 32.7 Å². The molecule has 3 heteroatoms. The molecule has 0 aromatic heterocycles. The molecule has 14 heavy (non-hydrogen) atoms. The quantitative estimate of drug-likeness (QED) is 0.741. The van der Waals surface area contributed by atoms with Crippen LogP contribution in [0.3, 0.4) is 0 Å². The zero-order valence-electron chi connectivity index (χ0n) is 9.70. The largest absolute Gasteiger partial charge is 0.380 e. The van der Waals surface area contributed by atoms with Crippen molar-refractivity contribution in [1.29, 1.82) is 0 Å². The standard InChI is InChI=1S/C11H24N2O/c1-9(2)11(12)7-13-5-4-6-14-8-10(13)3/h9-11H,4-8,12H2,1-3H3. The Hall–Kier alpha value is -0.120. The van der Waals surface area contributed by atoms with Crippen LogP contribution in [0.2, 0.25) is 0 Å². The Morgan fingerprint density at radius 3 is 2.86 bits per heavy atom. The third-order valence-electron chi connectivity index (χ3n) is 3.02. The molecule has 1 aliphatic rings. The fourth-order valence-electron chi connectivity index (χ4n) is 1.70. The van der Waals surface area contributed by atoms with Gasteiger partial charge in [0.05, 0.1) is 6.61 Å². The van der Waals surface area contributed by atoms with Crippen molar-refractivity contribution >= 4 is 0 Å². The summed E-state index contributed by atoms with van der Waals surface area (Å²) in [5.41, 5.74) is 6.08. The van der Waals surface area contributed by atoms with Gasteiger partial charge < -0.3 is 10.5 Å². The first-order chi connectivity index (χ1) is 6.61. The summed E-state index contributed by atoms with van der Waals surface area (Å²) in [5, 5.41) is 0. The van der Waals surface area contributed by atoms with Gasteiger partial charge in [-0.1, -0.05) is 13.8 Å². The molecule has 0 aliphatic carbocycles. The molecular weight excluding hydrogens is 176 g/mol. The Bertz CT molecular complexity index is 161. The molecule has 0 aromatic carbocycles. The number of hydrogen-bond acceptors (Lipinski definition) is 3. The van der Waals surface area contributed by atoms with E-state index in [-0.39, 0.29) is 6.04 Å². The lowest BCUT2D eigenvalue weighted by Gasteiger charge is -2.30. The van der Waals surface area contributed by atoms with Crippen LogP contribution >= 0.6 is 0 Å². The molecule has 84 valence electrons. The highest BCUT2D eigenvalue weighted by molar-refractivity contribution is 4.76. The Kier molecular flexibility index (Phi) is 4.85. The highest BCUT2D eigenvalue weighted by Gasteiger charge is 2.20. The van der Waals surface area contributed by atoms with Crippen LogP contribution in [0.4, 0.5) is 0 Å². The molecule has 2 N–H and O–H groups in total. The lowest BCUT2D eigenvalue weighted by molar-refractivity contribution is 0.103. The Balaban J connectivity index is 2.40. The van der Waals surface area contributed by atoms with Crippen LogP contribution < -0.4 is 5.73 Å². The van der Waals surface area contributed by atoms with Gasteiger partial charge in [0.2, 0.25) is 0 Å². The van der Waals surface area contributed by atoms with Crippen LogP contribution in [0.15, 0.2) is 0 Å². The smallest absolute Gasteiger partial charge is 0.0619 e. The van der Waals surface area contributed by atoms with Crippen LogP contribution in [0.25, 0.3) is 0 Å². The fraction of sp³-hybridized carbons (Fsp3) is 1.00. The molecule has 1 aliphatic heterocycles. The SMILES string of the molecule is CC(C)C(N)CN1CCCOCC1C. The molecule has 0 bridgehead atoms. The summed E-state index contributed by atoms with van der Waals surface area (Å²) in [6, 6.07) is 0.804. The molecule has 3 nitrogen and oxygen atoms in total. The van der Waals surface area contributed by atoms with Gasteiger partial charge in [-0.2, -0.15) is 0 Å². The van der Waals surface area contributed by atoms with E-state index in [1.807, 2.05) is 0 Å². The molecule has 1 fully saturated rings. The van der Waals surface area contributed by atoms with E-state index in [0.29, 0.717) is 12.0 Å². The first kappa shape index (κ1) is 12.0. The van der Waals surface area contributed by atoms with Crippen LogP contribution in [0.1, 0.15) is 27.2 Å². The molecule has 1 saturated heterocycles. The van der Waals surface area contributed by atoms with E-state index in [1.165, 1.54) is 0 Å². The molecule has 1 heterocycles. The molecule has 0 aromatic rings. The van der Waals surface area contributed by atoms with E-state index < -0.39 is 0 Å². The Labute approximate surface area is 87.6 Å². The Morgan fingerprint density at radius 1 is 1.50 bits per heavy atom. The average molecular weight is 200 g/mol. The summed E-state index contributed by atoms with van der Waals surface area (Å²) in [4.78, 5) is 2.46. The first-order valence-electron chi connectivity index (χ1n) is 5.68. The predicted molar refractivity (Wildman–Crippen MR) is 59.3 cm³/mol. The minimum atomic E-state index is 0.288. The summed E-state index contributed by atoms with van der Waals surface area (Å²) in [6.45, 7) is 10.5. The van der Waals surface area contributed by atoms with Crippen molar-refractivity contribution in [3.8, 4) is 0 Å². The van der Waals surface area contributed by atoms with Crippen molar-refractivity contribution in [2.24, 2.45) is 11.7 Å². The third kappa shape index (κ3) is 3.56. The highest BCUT2D eigenvalue weighted by Crippen LogP contribution is 2.09. The molecular formula is C11H24N2O. The number of nitrogens with zero attached hydrogens (tertiary/aromatic N) is 1. The zero-order chi connectivity index (χ0) is 10.6. The van der Waals surface area contributed by atoms with E-state index in [9.17, 15) is 0 Å². The zero-order valence-corrected chi connectivity index (χ0v) is 9.70. The van der Waals surface area contributed by atoms with Crippen LogP contribution in [0, 0.1) is 5.92 Å². The van der Waals surface area contributed by atoms with E-state index in [4.69, 9.17) is 10.5 Å². The normalized spacial score (nSPS) is 27.6. The average Bonchev–Trinajstić information content (AvgIpc) is 2.32. The van der Waals surface area contributed by atoms with Gasteiger partial charge in [-0.15, -0.1) is 0 Å². The maximum absolute atomic E-state index is 6.08. The predicted octanol–water partition coefficient (Wildman–Crippen LogP) is 1.08. The minimum Gasteiger partial charge on any atom is -0.380 e. The van der Waals surface area contributed by atoms with Gasteiger partial charge >= 0.3 is 0 Å². The number of rotatable bonds is 3. The monoisotopic (exact) mass is 200 g/mol. The molecule has 0 radical (unpaired) electrons. The summed E-state index contributed by atoms with van der Waals surface area (Å²) >= 11 is 0. The van der Waals surface area contributed by atoms with Crippen molar-refractivity contribution in [3.63, 3.8) is 0 Å². The second kappa shape index (κ2) is 5.69. The van der Waals surface area contributed by atoms with Crippen molar-refractivity contribution in [3.05, 3.63) is 0 Å². The van der Waals surface area contributed by atoms with Crippen LogP contribution in [0.5, 0.6) is 0 Å². The maximum Gasteiger partial charge on any atom is 0.0619 e. The molecule has 0 amide bonds. The number of nitrogens with two attached hydrogens (primary N) is 1.